The number of hydrogen-bond acceptors (Lipinski definition) is 3. The Hall–Kier alpha value is -2.17. The number of rotatable bonds is 9. The van der Waals surface area contributed by atoms with Gasteiger partial charge in [0.1, 0.15) is 6.04 Å². The Balaban J connectivity index is 2.21. The van der Waals surface area contributed by atoms with Gasteiger partial charge in [-0.15, -0.1) is 0 Å². The Morgan fingerprint density at radius 2 is 1.48 bits per heavy atom. The number of carboxylic acids is 1. The van der Waals surface area contributed by atoms with Crippen LogP contribution in [-0.2, 0) is 4.79 Å². The number of carboxylic acid groups (broad SMARTS) is 1. The van der Waals surface area contributed by atoms with Crippen LogP contribution in [0.5, 0.6) is 0 Å². The Morgan fingerprint density at radius 1 is 0.957 bits per heavy atom. The van der Waals surface area contributed by atoms with E-state index >= 15 is 0 Å². The van der Waals surface area contributed by atoms with Gasteiger partial charge in [-0.05, 0) is 30.5 Å². The van der Waals surface area contributed by atoms with E-state index in [1.165, 1.54) is 0 Å². The first kappa shape index (κ1) is 17.2. The van der Waals surface area contributed by atoms with Gasteiger partial charge in [0, 0.05) is 0 Å². The third-order valence-corrected chi connectivity index (χ3v) is 3.88. The van der Waals surface area contributed by atoms with E-state index in [0.29, 0.717) is 13.0 Å². The van der Waals surface area contributed by atoms with Crippen LogP contribution in [0.3, 0.4) is 0 Å². The largest absolute Gasteiger partial charge is 0.480 e. The smallest absolute Gasteiger partial charge is 0.320 e. The summed E-state index contributed by atoms with van der Waals surface area (Å²) in [5, 5.41) is 12.8. The second kappa shape index (κ2) is 9.08. The van der Waals surface area contributed by atoms with Crippen molar-refractivity contribution >= 4 is 5.97 Å². The van der Waals surface area contributed by atoms with Crippen molar-refractivity contribution in [3.8, 4) is 0 Å². The lowest BCUT2D eigenvalue weighted by molar-refractivity contribution is -0.139. The van der Waals surface area contributed by atoms with Gasteiger partial charge < -0.3 is 10.8 Å². The molecule has 0 spiro atoms. The molecule has 4 N–H and O–H groups in total. The highest BCUT2D eigenvalue weighted by atomic mass is 16.4. The van der Waals surface area contributed by atoms with Gasteiger partial charge in [-0.2, -0.15) is 0 Å². The van der Waals surface area contributed by atoms with Crippen molar-refractivity contribution in [2.45, 2.75) is 31.3 Å². The molecule has 4 nitrogen and oxygen atoms in total. The number of nitrogens with two attached hydrogens (primary N) is 1. The van der Waals surface area contributed by atoms with Gasteiger partial charge in [0.25, 0.3) is 0 Å². The molecule has 2 aromatic carbocycles. The van der Waals surface area contributed by atoms with Gasteiger partial charge in [0.15, 0.2) is 0 Å². The van der Waals surface area contributed by atoms with Crippen molar-refractivity contribution < 1.29 is 9.90 Å². The van der Waals surface area contributed by atoms with Crippen molar-refractivity contribution in [3.63, 3.8) is 0 Å². The van der Waals surface area contributed by atoms with E-state index < -0.39 is 12.0 Å². The van der Waals surface area contributed by atoms with Gasteiger partial charge in [0.05, 0.1) is 6.04 Å². The summed E-state index contributed by atoms with van der Waals surface area (Å²) in [5.74, 6) is -0.820. The predicted molar refractivity (Wildman–Crippen MR) is 92.2 cm³/mol. The molecule has 0 radical (unpaired) electrons. The van der Waals surface area contributed by atoms with Crippen molar-refractivity contribution in [1.29, 1.82) is 0 Å². The number of nitrogens with one attached hydrogen (secondary N) is 1. The highest BCUT2D eigenvalue weighted by molar-refractivity contribution is 5.73. The number of unbranched alkanes of at least 4 members (excludes halogenated alkanes) is 1. The van der Waals surface area contributed by atoms with Crippen LogP contribution in [0.25, 0.3) is 0 Å². The molecule has 0 heterocycles. The summed E-state index contributed by atoms with van der Waals surface area (Å²) in [6.07, 6.45) is 2.21. The normalized spacial score (nSPS) is 12.3. The fourth-order valence-corrected chi connectivity index (χ4v) is 2.65. The summed E-state index contributed by atoms with van der Waals surface area (Å²) < 4.78 is 0. The van der Waals surface area contributed by atoms with Gasteiger partial charge in [0.2, 0.25) is 0 Å². The summed E-state index contributed by atoms with van der Waals surface area (Å²) in [5.41, 5.74) is 7.62. The fraction of sp³-hybridized carbons (Fsp3) is 0.316. The molecule has 0 saturated carbocycles. The molecule has 2 rings (SSSR count). The Bertz CT molecular complexity index is 547. The minimum Gasteiger partial charge on any atom is -0.480 e. The molecule has 1 atom stereocenters. The molecular weight excluding hydrogens is 288 g/mol. The molecule has 0 amide bonds. The maximum atomic E-state index is 11.6. The minimum atomic E-state index is -0.820. The first-order valence-corrected chi connectivity index (χ1v) is 8.01. The lowest BCUT2D eigenvalue weighted by Gasteiger charge is -2.24. The Kier molecular flexibility index (Phi) is 6.78. The van der Waals surface area contributed by atoms with E-state index in [-0.39, 0.29) is 6.04 Å². The molecule has 0 unspecified atom stereocenters. The zero-order valence-corrected chi connectivity index (χ0v) is 13.2. The zero-order valence-electron chi connectivity index (χ0n) is 13.2. The van der Waals surface area contributed by atoms with Crippen LogP contribution >= 0.6 is 0 Å². The molecule has 23 heavy (non-hydrogen) atoms. The molecule has 122 valence electrons. The van der Waals surface area contributed by atoms with Gasteiger partial charge in [-0.3, -0.25) is 10.1 Å². The highest BCUT2D eigenvalue weighted by Gasteiger charge is 2.23. The van der Waals surface area contributed by atoms with Crippen molar-refractivity contribution in [1.82, 2.24) is 5.32 Å². The van der Waals surface area contributed by atoms with Crippen LogP contribution in [-0.4, -0.2) is 23.7 Å². The summed E-state index contributed by atoms with van der Waals surface area (Å²) in [4.78, 5) is 11.6. The summed E-state index contributed by atoms with van der Waals surface area (Å²) in [7, 11) is 0. The minimum absolute atomic E-state index is 0.142. The second-order valence-electron chi connectivity index (χ2n) is 5.60. The standard InChI is InChI=1S/C19H24N2O2/c20-14-8-7-13-17(19(22)23)21-18(15-9-3-1-4-10-15)16-11-5-2-6-12-16/h1-6,9-12,17-18,21H,7-8,13-14,20H2,(H,22,23)/t17-/m0/s1. The SMILES string of the molecule is NCCCC[C@H](NC(c1ccccc1)c1ccccc1)C(=O)O. The Labute approximate surface area is 137 Å². The Morgan fingerprint density at radius 3 is 1.91 bits per heavy atom. The molecule has 0 saturated heterocycles. The number of hydrogen-bond donors (Lipinski definition) is 3. The molecule has 4 heteroatoms. The average molecular weight is 312 g/mol. The summed E-state index contributed by atoms with van der Waals surface area (Å²) in [6.45, 7) is 0.590. The highest BCUT2D eigenvalue weighted by Crippen LogP contribution is 2.23. The molecule has 0 aromatic heterocycles. The predicted octanol–water partition coefficient (Wildman–Crippen LogP) is 2.95. The molecule has 0 aliphatic heterocycles. The van der Waals surface area contributed by atoms with Crippen LogP contribution < -0.4 is 11.1 Å². The van der Waals surface area contributed by atoms with E-state index in [9.17, 15) is 9.90 Å². The van der Waals surface area contributed by atoms with Gasteiger partial charge in [-0.1, -0.05) is 67.1 Å². The first-order chi connectivity index (χ1) is 11.2. The van der Waals surface area contributed by atoms with Crippen molar-refractivity contribution in [3.05, 3.63) is 71.8 Å². The zero-order chi connectivity index (χ0) is 16.5. The van der Waals surface area contributed by atoms with Gasteiger partial charge in [-0.25, -0.2) is 0 Å². The van der Waals surface area contributed by atoms with E-state index in [1.54, 1.807) is 0 Å². The number of carbonyl (C=O) groups is 1. The van der Waals surface area contributed by atoms with Crippen LogP contribution in [0.4, 0.5) is 0 Å². The fourth-order valence-electron chi connectivity index (χ4n) is 2.65. The maximum Gasteiger partial charge on any atom is 0.320 e. The van der Waals surface area contributed by atoms with Crippen LogP contribution in [0.1, 0.15) is 36.4 Å². The molecule has 2 aromatic rings. The second-order valence-corrected chi connectivity index (χ2v) is 5.60. The quantitative estimate of drug-likeness (QED) is 0.622. The molecule has 0 bridgehead atoms. The lowest BCUT2D eigenvalue weighted by atomic mass is 9.97. The molecule has 0 aliphatic rings. The van der Waals surface area contributed by atoms with Gasteiger partial charge >= 0.3 is 5.97 Å². The third-order valence-electron chi connectivity index (χ3n) is 3.88. The van der Waals surface area contributed by atoms with Crippen LogP contribution in [0, 0.1) is 0 Å². The topological polar surface area (TPSA) is 75.3 Å². The van der Waals surface area contributed by atoms with Crippen molar-refractivity contribution in [2.24, 2.45) is 5.73 Å². The van der Waals surface area contributed by atoms with Crippen LogP contribution in [0.15, 0.2) is 60.7 Å². The monoisotopic (exact) mass is 312 g/mol. The van der Waals surface area contributed by atoms with E-state index in [0.717, 1.165) is 24.0 Å². The molecule has 0 fully saturated rings. The maximum absolute atomic E-state index is 11.6. The molecule has 0 aliphatic carbocycles. The lowest BCUT2D eigenvalue weighted by Crippen LogP contribution is -2.39. The summed E-state index contributed by atoms with van der Waals surface area (Å²) in [6, 6.07) is 19.1. The first-order valence-electron chi connectivity index (χ1n) is 8.01. The van der Waals surface area contributed by atoms with Crippen molar-refractivity contribution in [2.75, 3.05) is 6.54 Å². The average Bonchev–Trinajstić information content (AvgIpc) is 2.59. The summed E-state index contributed by atoms with van der Waals surface area (Å²) >= 11 is 0. The third kappa shape index (κ3) is 5.20. The van der Waals surface area contributed by atoms with E-state index in [1.807, 2.05) is 60.7 Å². The van der Waals surface area contributed by atoms with E-state index in [4.69, 9.17) is 5.73 Å². The molecular formula is C19H24N2O2. The van der Waals surface area contributed by atoms with Crippen LogP contribution in [0.2, 0.25) is 0 Å². The number of benzene rings is 2. The van der Waals surface area contributed by atoms with E-state index in [2.05, 4.69) is 5.32 Å². The number of aliphatic carboxylic acids is 1.